The number of hydrazone groups is 1. The highest BCUT2D eigenvalue weighted by atomic mass is 16.6. The smallest absolute Gasteiger partial charge is 0.269 e. The molecule has 0 saturated heterocycles. The van der Waals surface area contributed by atoms with Crippen LogP contribution in [0.3, 0.4) is 0 Å². The number of ether oxygens (including phenoxy) is 1. The van der Waals surface area contributed by atoms with E-state index in [1.54, 1.807) is 12.1 Å². The fraction of sp³-hybridized carbons (Fsp3) is 0.208. The van der Waals surface area contributed by atoms with Crippen molar-refractivity contribution < 1.29 is 9.66 Å². The number of nitro benzene ring substituents is 1. The summed E-state index contributed by atoms with van der Waals surface area (Å²) >= 11 is 0. The van der Waals surface area contributed by atoms with Gasteiger partial charge in [-0.25, -0.2) is 5.01 Å². The second kappa shape index (κ2) is 6.99. The third kappa shape index (κ3) is 3.01. The van der Waals surface area contributed by atoms with Gasteiger partial charge in [-0.05, 0) is 43.7 Å². The molecular weight excluding hydrogens is 378 g/mol. The van der Waals surface area contributed by atoms with Crippen molar-refractivity contribution in [2.75, 3.05) is 0 Å². The van der Waals surface area contributed by atoms with Crippen molar-refractivity contribution in [1.82, 2.24) is 5.01 Å². The van der Waals surface area contributed by atoms with Crippen molar-refractivity contribution >= 4 is 11.4 Å². The van der Waals surface area contributed by atoms with Gasteiger partial charge in [0.2, 0.25) is 6.23 Å². The van der Waals surface area contributed by atoms with E-state index in [2.05, 4.69) is 38.1 Å². The lowest BCUT2D eigenvalue weighted by Gasteiger charge is -2.38. The molecule has 30 heavy (non-hydrogen) atoms. The number of nitro groups is 1. The number of aryl methyl sites for hydroxylation is 2. The summed E-state index contributed by atoms with van der Waals surface area (Å²) in [5, 5.41) is 18.0. The predicted octanol–water partition coefficient (Wildman–Crippen LogP) is 5.45. The number of benzene rings is 3. The number of nitrogens with zero attached hydrogens (tertiary/aromatic N) is 3. The molecule has 0 radical (unpaired) electrons. The van der Waals surface area contributed by atoms with Crippen molar-refractivity contribution in [2.24, 2.45) is 5.10 Å². The van der Waals surface area contributed by atoms with Crippen LogP contribution in [0.5, 0.6) is 5.75 Å². The number of hydrogen-bond acceptors (Lipinski definition) is 5. The molecule has 0 unspecified atom stereocenters. The third-order valence-electron chi connectivity index (χ3n) is 5.79. The summed E-state index contributed by atoms with van der Waals surface area (Å²) in [4.78, 5) is 10.6. The minimum absolute atomic E-state index is 0.0602. The largest absolute Gasteiger partial charge is 0.464 e. The van der Waals surface area contributed by atoms with Gasteiger partial charge >= 0.3 is 0 Å². The summed E-state index contributed by atoms with van der Waals surface area (Å²) in [6, 6.07) is 21.0. The molecular formula is C24H21N3O3. The first-order valence-corrected chi connectivity index (χ1v) is 9.94. The molecule has 6 nitrogen and oxygen atoms in total. The maximum atomic E-state index is 11.0. The molecule has 0 aromatic heterocycles. The van der Waals surface area contributed by atoms with Crippen molar-refractivity contribution in [3.63, 3.8) is 0 Å². The first-order valence-electron chi connectivity index (χ1n) is 9.94. The van der Waals surface area contributed by atoms with Crippen LogP contribution in [0.1, 0.15) is 46.5 Å². The Morgan fingerprint density at radius 2 is 1.83 bits per heavy atom. The zero-order valence-corrected chi connectivity index (χ0v) is 16.8. The fourth-order valence-corrected chi connectivity index (χ4v) is 4.22. The molecule has 0 N–H and O–H groups in total. The maximum absolute atomic E-state index is 11.0. The number of hydrogen-bond donors (Lipinski definition) is 0. The van der Waals surface area contributed by atoms with Gasteiger partial charge < -0.3 is 4.74 Å². The molecule has 2 aliphatic heterocycles. The second-order valence-electron chi connectivity index (χ2n) is 7.82. The van der Waals surface area contributed by atoms with E-state index in [1.165, 1.54) is 23.3 Å². The van der Waals surface area contributed by atoms with Gasteiger partial charge in [-0.3, -0.25) is 10.1 Å². The molecule has 0 fully saturated rings. The van der Waals surface area contributed by atoms with E-state index in [4.69, 9.17) is 9.84 Å². The summed E-state index contributed by atoms with van der Waals surface area (Å²) in [6.45, 7) is 4.19. The van der Waals surface area contributed by atoms with Crippen LogP contribution in [0.2, 0.25) is 0 Å². The summed E-state index contributed by atoms with van der Waals surface area (Å²) in [5.41, 5.74) is 6.60. The highest BCUT2D eigenvalue weighted by Crippen LogP contribution is 2.47. The minimum Gasteiger partial charge on any atom is -0.464 e. The zero-order valence-electron chi connectivity index (χ0n) is 16.8. The van der Waals surface area contributed by atoms with Gasteiger partial charge in [0.1, 0.15) is 5.75 Å². The van der Waals surface area contributed by atoms with E-state index in [1.807, 2.05) is 23.2 Å². The molecule has 2 heterocycles. The normalized spacial score (nSPS) is 19.5. The van der Waals surface area contributed by atoms with Gasteiger partial charge in [0.05, 0.1) is 16.7 Å². The average Bonchev–Trinajstić information content (AvgIpc) is 3.20. The summed E-state index contributed by atoms with van der Waals surface area (Å²) in [7, 11) is 0. The van der Waals surface area contributed by atoms with Gasteiger partial charge in [-0.15, -0.1) is 0 Å². The number of fused-ring (bicyclic) bond motifs is 3. The van der Waals surface area contributed by atoms with Gasteiger partial charge in [0.25, 0.3) is 5.69 Å². The van der Waals surface area contributed by atoms with Gasteiger partial charge in [-0.1, -0.05) is 35.9 Å². The lowest BCUT2D eigenvalue weighted by Crippen LogP contribution is -2.33. The van der Waals surface area contributed by atoms with E-state index in [0.717, 1.165) is 34.6 Å². The Balaban J connectivity index is 1.59. The Morgan fingerprint density at radius 1 is 1.07 bits per heavy atom. The van der Waals surface area contributed by atoms with E-state index >= 15 is 0 Å². The van der Waals surface area contributed by atoms with Crippen LogP contribution < -0.4 is 4.74 Å². The van der Waals surface area contributed by atoms with Crippen LogP contribution in [0.4, 0.5) is 5.69 Å². The lowest BCUT2D eigenvalue weighted by atomic mass is 9.93. The molecule has 5 rings (SSSR count). The number of non-ortho nitro benzene ring substituents is 1. The Hall–Kier alpha value is -3.67. The molecule has 0 spiro atoms. The minimum atomic E-state index is -0.437. The molecule has 0 saturated carbocycles. The van der Waals surface area contributed by atoms with Crippen molar-refractivity contribution in [3.05, 3.63) is 105 Å². The van der Waals surface area contributed by atoms with E-state index in [0.29, 0.717) is 0 Å². The molecule has 3 aromatic carbocycles. The Morgan fingerprint density at radius 3 is 2.60 bits per heavy atom. The third-order valence-corrected chi connectivity index (χ3v) is 5.79. The second-order valence-corrected chi connectivity index (χ2v) is 7.82. The summed E-state index contributed by atoms with van der Waals surface area (Å²) < 4.78 is 6.32. The van der Waals surface area contributed by atoms with E-state index < -0.39 is 11.2 Å². The quantitative estimate of drug-likeness (QED) is 0.434. The van der Waals surface area contributed by atoms with Crippen LogP contribution in [0.15, 0.2) is 71.8 Å². The standard InChI is InChI=1S/C24H21N3O3/c1-15-7-8-16(2)20(13-15)21-14-22-19-5-3-4-6-23(19)30-24(26(22)25-21)17-9-11-18(12-10-17)27(28)29/h3-13,22,24H,14H2,1-2H3/t22-,24+/m0/s1. The van der Waals surface area contributed by atoms with Crippen LogP contribution >= 0.6 is 0 Å². The Bertz CT molecular complexity index is 1170. The molecule has 3 aromatic rings. The maximum Gasteiger partial charge on any atom is 0.269 e. The van der Waals surface area contributed by atoms with Gasteiger partial charge in [-0.2, -0.15) is 5.10 Å². The van der Waals surface area contributed by atoms with Crippen molar-refractivity contribution in [2.45, 2.75) is 32.5 Å². The molecule has 0 aliphatic carbocycles. The van der Waals surface area contributed by atoms with Crippen molar-refractivity contribution in [3.8, 4) is 5.75 Å². The Kier molecular flexibility index (Phi) is 4.28. The van der Waals surface area contributed by atoms with Crippen LogP contribution in [-0.2, 0) is 0 Å². The highest BCUT2D eigenvalue weighted by molar-refractivity contribution is 6.03. The molecule has 0 amide bonds. The topological polar surface area (TPSA) is 68.0 Å². The summed E-state index contributed by atoms with van der Waals surface area (Å²) in [5.74, 6) is 0.833. The fourth-order valence-electron chi connectivity index (χ4n) is 4.22. The molecule has 6 heteroatoms. The highest BCUT2D eigenvalue weighted by Gasteiger charge is 2.41. The van der Waals surface area contributed by atoms with Crippen molar-refractivity contribution in [1.29, 1.82) is 0 Å². The monoisotopic (exact) mass is 399 g/mol. The summed E-state index contributed by atoms with van der Waals surface area (Å²) in [6.07, 6.45) is 0.349. The molecule has 2 atom stereocenters. The first-order chi connectivity index (χ1) is 14.5. The molecule has 150 valence electrons. The zero-order chi connectivity index (χ0) is 20.8. The SMILES string of the molecule is Cc1ccc(C)c(C2=NN3[C@@H](c4ccc([N+](=O)[O-])cc4)Oc4ccccc4[C@@H]3C2)c1. The Labute approximate surface area is 174 Å². The van der Waals surface area contributed by atoms with E-state index in [-0.39, 0.29) is 11.7 Å². The predicted molar refractivity (Wildman–Crippen MR) is 115 cm³/mol. The van der Waals surface area contributed by atoms with Crippen LogP contribution in [0, 0.1) is 24.0 Å². The average molecular weight is 399 g/mol. The first kappa shape index (κ1) is 18.4. The molecule has 2 aliphatic rings. The van der Waals surface area contributed by atoms with E-state index in [9.17, 15) is 10.1 Å². The van der Waals surface area contributed by atoms with Crippen LogP contribution in [-0.4, -0.2) is 15.6 Å². The van der Waals surface area contributed by atoms with Crippen LogP contribution in [0.25, 0.3) is 0 Å². The van der Waals surface area contributed by atoms with Gasteiger partial charge in [0, 0.05) is 35.2 Å². The molecule has 0 bridgehead atoms. The number of rotatable bonds is 3. The van der Waals surface area contributed by atoms with Gasteiger partial charge in [0.15, 0.2) is 0 Å². The lowest BCUT2D eigenvalue weighted by molar-refractivity contribution is -0.384. The number of para-hydroxylation sites is 1.